The van der Waals surface area contributed by atoms with Crippen LogP contribution in [-0.4, -0.2) is 11.6 Å². The van der Waals surface area contributed by atoms with E-state index in [-0.39, 0.29) is 18.3 Å². The Balaban J connectivity index is 2.55. The highest BCUT2D eigenvalue weighted by atomic mass is 16.6. The molecule has 2 atom stereocenters. The molecule has 0 aliphatic carbocycles. The number of hydrogen-bond acceptors (Lipinski definition) is 3. The molecule has 0 aliphatic heterocycles. The van der Waals surface area contributed by atoms with Gasteiger partial charge in [-0.05, 0) is 38.3 Å². The second-order valence-corrected chi connectivity index (χ2v) is 8.31. The van der Waals surface area contributed by atoms with Crippen LogP contribution in [0.1, 0.15) is 70.4 Å². The van der Waals surface area contributed by atoms with Gasteiger partial charge in [0.1, 0.15) is 5.60 Å². The van der Waals surface area contributed by atoms with E-state index in [1.807, 2.05) is 81.4 Å². The molecule has 0 heterocycles. The molecular weight excluding hydrogens is 346 g/mol. The largest absolute Gasteiger partial charge is 0.460 e. The van der Waals surface area contributed by atoms with E-state index in [0.717, 1.165) is 24.0 Å². The summed E-state index contributed by atoms with van der Waals surface area (Å²) in [5, 5.41) is 10.4. The van der Waals surface area contributed by atoms with Crippen molar-refractivity contribution in [2.24, 2.45) is 0 Å². The Kier molecular flexibility index (Phi) is 7.40. The van der Waals surface area contributed by atoms with Crippen molar-refractivity contribution < 1.29 is 9.53 Å². The van der Waals surface area contributed by atoms with Crippen molar-refractivity contribution in [3.05, 3.63) is 71.8 Å². The van der Waals surface area contributed by atoms with Crippen LogP contribution in [0.5, 0.6) is 0 Å². The van der Waals surface area contributed by atoms with Crippen molar-refractivity contribution in [3.8, 4) is 6.07 Å². The predicted molar refractivity (Wildman–Crippen MR) is 113 cm³/mol. The third-order valence-electron chi connectivity index (χ3n) is 5.00. The van der Waals surface area contributed by atoms with Gasteiger partial charge in [0.25, 0.3) is 0 Å². The highest BCUT2D eigenvalue weighted by Gasteiger charge is 2.42. The van der Waals surface area contributed by atoms with Gasteiger partial charge in [0.2, 0.25) is 0 Å². The first-order chi connectivity index (χ1) is 13.3. The van der Waals surface area contributed by atoms with Gasteiger partial charge < -0.3 is 4.74 Å². The number of nitriles is 1. The number of benzene rings is 2. The SMILES string of the molecule is CCCC[C@@](C#N)(c1ccccc1)[C@H](CC(=O)OC(C)(C)C)c1ccccc1. The number of carbonyl (C=O) groups is 1. The summed E-state index contributed by atoms with van der Waals surface area (Å²) < 4.78 is 5.62. The average molecular weight is 378 g/mol. The smallest absolute Gasteiger partial charge is 0.306 e. The Labute approximate surface area is 169 Å². The fourth-order valence-corrected chi connectivity index (χ4v) is 3.72. The maximum Gasteiger partial charge on any atom is 0.306 e. The molecule has 0 N–H and O–H groups in total. The lowest BCUT2D eigenvalue weighted by atomic mass is 9.64. The molecule has 0 amide bonds. The summed E-state index contributed by atoms with van der Waals surface area (Å²) in [6, 6.07) is 22.4. The number of unbranched alkanes of at least 4 members (excludes halogenated alkanes) is 1. The van der Waals surface area contributed by atoms with Gasteiger partial charge in [-0.15, -0.1) is 0 Å². The lowest BCUT2D eigenvalue weighted by Crippen LogP contribution is -2.35. The van der Waals surface area contributed by atoms with Crippen LogP contribution in [-0.2, 0) is 14.9 Å². The molecule has 2 aromatic carbocycles. The van der Waals surface area contributed by atoms with Crippen LogP contribution < -0.4 is 0 Å². The molecule has 2 aromatic rings. The van der Waals surface area contributed by atoms with Gasteiger partial charge in [-0.1, -0.05) is 80.4 Å². The van der Waals surface area contributed by atoms with E-state index in [1.165, 1.54) is 0 Å². The predicted octanol–water partition coefficient (Wildman–Crippen LogP) is 6.15. The molecule has 3 heteroatoms. The van der Waals surface area contributed by atoms with Crippen LogP contribution in [0.2, 0.25) is 0 Å². The lowest BCUT2D eigenvalue weighted by Gasteiger charge is -2.36. The minimum atomic E-state index is -0.782. The lowest BCUT2D eigenvalue weighted by molar-refractivity contribution is -0.155. The standard InChI is InChI=1S/C25H31NO2/c1-5-6-17-25(19-26,21-15-11-8-12-16-21)22(20-13-9-7-10-14-20)18-23(27)28-24(2,3)4/h7-16,22H,5-6,17-18H2,1-4H3/t22-,25-/m1/s1. The second kappa shape index (κ2) is 9.55. The van der Waals surface area contributed by atoms with Crippen LogP contribution in [0.15, 0.2) is 60.7 Å². The maximum atomic E-state index is 12.8. The Bertz CT molecular complexity index is 787. The van der Waals surface area contributed by atoms with Gasteiger partial charge in [0.05, 0.1) is 17.9 Å². The van der Waals surface area contributed by atoms with Crippen LogP contribution in [0.4, 0.5) is 0 Å². The van der Waals surface area contributed by atoms with E-state index in [0.29, 0.717) is 6.42 Å². The summed E-state index contributed by atoms with van der Waals surface area (Å²) in [7, 11) is 0. The molecule has 0 aromatic heterocycles. The van der Waals surface area contributed by atoms with Gasteiger partial charge in [0.15, 0.2) is 0 Å². The summed E-state index contributed by atoms with van der Waals surface area (Å²) in [6.07, 6.45) is 2.78. The third-order valence-corrected chi connectivity index (χ3v) is 5.00. The van der Waals surface area contributed by atoms with E-state index in [2.05, 4.69) is 13.0 Å². The number of nitrogens with zero attached hydrogens (tertiary/aromatic N) is 1. The van der Waals surface area contributed by atoms with Crippen LogP contribution in [0, 0.1) is 11.3 Å². The summed E-state index contributed by atoms with van der Waals surface area (Å²) in [6.45, 7) is 7.73. The van der Waals surface area contributed by atoms with Crippen molar-refractivity contribution in [2.75, 3.05) is 0 Å². The van der Waals surface area contributed by atoms with Crippen molar-refractivity contribution in [2.45, 2.75) is 70.3 Å². The zero-order valence-corrected chi connectivity index (χ0v) is 17.4. The first-order valence-electron chi connectivity index (χ1n) is 10.1. The molecule has 0 saturated carbocycles. The van der Waals surface area contributed by atoms with Gasteiger partial charge in [-0.25, -0.2) is 0 Å². The van der Waals surface area contributed by atoms with Crippen molar-refractivity contribution in [1.29, 1.82) is 5.26 Å². The molecule has 0 saturated heterocycles. The fourth-order valence-electron chi connectivity index (χ4n) is 3.72. The summed E-state index contributed by atoms with van der Waals surface area (Å²) in [5.41, 5.74) is 0.623. The molecule has 0 spiro atoms. The molecule has 0 aliphatic rings. The highest BCUT2D eigenvalue weighted by molar-refractivity contribution is 5.72. The van der Waals surface area contributed by atoms with Crippen molar-refractivity contribution in [3.63, 3.8) is 0 Å². The molecular formula is C25H31NO2. The summed E-state index contributed by atoms with van der Waals surface area (Å²) >= 11 is 0. The Morgan fingerprint density at radius 2 is 1.61 bits per heavy atom. The number of carbonyl (C=O) groups excluding carboxylic acids is 1. The second-order valence-electron chi connectivity index (χ2n) is 8.31. The van der Waals surface area contributed by atoms with Gasteiger partial charge in [-0.2, -0.15) is 5.26 Å². The Morgan fingerprint density at radius 1 is 1.04 bits per heavy atom. The Morgan fingerprint density at radius 3 is 2.11 bits per heavy atom. The van der Waals surface area contributed by atoms with Gasteiger partial charge in [-0.3, -0.25) is 4.79 Å². The number of esters is 1. The van der Waals surface area contributed by atoms with E-state index in [9.17, 15) is 10.1 Å². The van der Waals surface area contributed by atoms with Crippen LogP contribution in [0.3, 0.4) is 0 Å². The minimum Gasteiger partial charge on any atom is -0.460 e. The molecule has 3 nitrogen and oxygen atoms in total. The van der Waals surface area contributed by atoms with Gasteiger partial charge >= 0.3 is 5.97 Å². The molecule has 0 unspecified atom stereocenters. The Hall–Kier alpha value is -2.60. The summed E-state index contributed by atoms with van der Waals surface area (Å²) in [4.78, 5) is 12.8. The topological polar surface area (TPSA) is 50.1 Å². The normalized spacial score (nSPS) is 14.5. The average Bonchev–Trinajstić information content (AvgIpc) is 2.68. The van der Waals surface area contributed by atoms with Gasteiger partial charge in [0, 0.05) is 5.92 Å². The molecule has 2 rings (SSSR count). The van der Waals surface area contributed by atoms with E-state index < -0.39 is 11.0 Å². The molecule has 148 valence electrons. The van der Waals surface area contributed by atoms with Crippen LogP contribution in [0.25, 0.3) is 0 Å². The van der Waals surface area contributed by atoms with Crippen LogP contribution >= 0.6 is 0 Å². The zero-order chi connectivity index (χ0) is 20.6. The third kappa shape index (κ3) is 5.45. The number of ether oxygens (including phenoxy) is 1. The highest BCUT2D eigenvalue weighted by Crippen LogP contribution is 2.45. The quantitative estimate of drug-likeness (QED) is 0.518. The monoisotopic (exact) mass is 377 g/mol. The van der Waals surface area contributed by atoms with Crippen molar-refractivity contribution >= 4 is 5.97 Å². The number of hydrogen-bond donors (Lipinski definition) is 0. The summed E-state index contributed by atoms with van der Waals surface area (Å²) in [5.74, 6) is -0.545. The molecule has 0 fully saturated rings. The first-order valence-corrected chi connectivity index (χ1v) is 10.1. The molecule has 0 radical (unpaired) electrons. The van der Waals surface area contributed by atoms with E-state index in [1.54, 1.807) is 0 Å². The minimum absolute atomic E-state index is 0.174. The van der Waals surface area contributed by atoms with Crippen molar-refractivity contribution in [1.82, 2.24) is 0 Å². The first kappa shape index (κ1) is 21.7. The van der Waals surface area contributed by atoms with E-state index >= 15 is 0 Å². The molecule has 0 bridgehead atoms. The molecule has 28 heavy (non-hydrogen) atoms. The van der Waals surface area contributed by atoms with E-state index in [4.69, 9.17) is 4.74 Å². The zero-order valence-electron chi connectivity index (χ0n) is 17.4. The number of rotatable bonds is 8. The fraction of sp³-hybridized carbons (Fsp3) is 0.440. The maximum absolute atomic E-state index is 12.8.